The summed E-state index contributed by atoms with van der Waals surface area (Å²) in [6, 6.07) is 13.5. The Balaban J connectivity index is 1.59. The summed E-state index contributed by atoms with van der Waals surface area (Å²) in [5.74, 6) is 0.304. The number of aryl methyl sites for hydroxylation is 1. The van der Waals surface area contributed by atoms with Gasteiger partial charge in [0.05, 0.1) is 16.7 Å². The fraction of sp³-hybridized carbons (Fsp3) is 0.222. The largest absolute Gasteiger partial charge is 0.482 e. The predicted molar refractivity (Wildman–Crippen MR) is 91.0 cm³/mol. The van der Waals surface area contributed by atoms with E-state index in [1.165, 1.54) is 18.2 Å². The summed E-state index contributed by atoms with van der Waals surface area (Å²) in [5.41, 5.74) is 1.90. The van der Waals surface area contributed by atoms with E-state index < -0.39 is 12.8 Å². The van der Waals surface area contributed by atoms with Crippen molar-refractivity contribution in [3.8, 4) is 5.75 Å². The number of H-pyrrole nitrogens is 1. The number of nitrogens with zero attached hydrogens (tertiary/aromatic N) is 1. The number of halogens is 3. The molecule has 2 N–H and O–H groups in total. The van der Waals surface area contributed by atoms with Crippen LogP contribution in [0.25, 0.3) is 11.0 Å². The number of para-hydroxylation sites is 4. The minimum Gasteiger partial charge on any atom is -0.482 e. The number of hydrogen-bond acceptors (Lipinski definition) is 3. The smallest absolute Gasteiger partial charge is 0.422 e. The number of carbonyl (C=O) groups is 1. The Morgan fingerprint density at radius 1 is 1.12 bits per heavy atom. The molecule has 1 heterocycles. The third kappa shape index (κ3) is 4.75. The number of fused-ring (bicyclic) bond motifs is 1. The van der Waals surface area contributed by atoms with Crippen LogP contribution in [-0.4, -0.2) is 28.7 Å². The number of aromatic amines is 1. The monoisotopic (exact) mass is 363 g/mol. The van der Waals surface area contributed by atoms with Gasteiger partial charge in [0.1, 0.15) is 11.6 Å². The normalized spacial score (nSPS) is 11.5. The Kier molecular flexibility index (Phi) is 5.11. The summed E-state index contributed by atoms with van der Waals surface area (Å²) in [6.07, 6.45) is -3.93. The van der Waals surface area contributed by atoms with Gasteiger partial charge in [-0.3, -0.25) is 4.79 Å². The summed E-state index contributed by atoms with van der Waals surface area (Å²) in [6.45, 7) is -1.42. The average Bonchev–Trinajstić information content (AvgIpc) is 3.01. The second kappa shape index (κ2) is 7.47. The molecule has 0 aliphatic heterocycles. The van der Waals surface area contributed by atoms with Gasteiger partial charge in [-0.25, -0.2) is 4.98 Å². The van der Waals surface area contributed by atoms with Crippen molar-refractivity contribution in [2.45, 2.75) is 19.0 Å². The molecule has 0 atom stereocenters. The first-order chi connectivity index (χ1) is 12.4. The van der Waals surface area contributed by atoms with Gasteiger partial charge in [0, 0.05) is 12.8 Å². The maximum Gasteiger partial charge on any atom is 0.422 e. The number of rotatable bonds is 6. The van der Waals surface area contributed by atoms with Crippen molar-refractivity contribution < 1.29 is 22.7 Å². The van der Waals surface area contributed by atoms with Crippen LogP contribution in [0, 0.1) is 0 Å². The van der Waals surface area contributed by atoms with Gasteiger partial charge in [-0.05, 0) is 24.3 Å². The van der Waals surface area contributed by atoms with E-state index in [4.69, 9.17) is 4.74 Å². The highest BCUT2D eigenvalue weighted by atomic mass is 19.4. The molecule has 0 radical (unpaired) electrons. The number of hydrogen-bond donors (Lipinski definition) is 2. The van der Waals surface area contributed by atoms with Crippen molar-refractivity contribution in [1.29, 1.82) is 0 Å². The molecule has 0 saturated carbocycles. The molecule has 0 unspecified atom stereocenters. The SMILES string of the molecule is O=C(CCc1nc2ccccc2[nH]1)Nc1ccccc1OCC(F)(F)F. The van der Waals surface area contributed by atoms with Crippen molar-refractivity contribution in [1.82, 2.24) is 9.97 Å². The Hall–Kier alpha value is -3.03. The van der Waals surface area contributed by atoms with Gasteiger partial charge in [0.25, 0.3) is 0 Å². The summed E-state index contributed by atoms with van der Waals surface area (Å²) in [5, 5.41) is 2.58. The maximum atomic E-state index is 12.3. The molecule has 3 aromatic rings. The van der Waals surface area contributed by atoms with Crippen molar-refractivity contribution in [3.05, 3.63) is 54.4 Å². The van der Waals surface area contributed by atoms with Gasteiger partial charge in [-0.2, -0.15) is 13.2 Å². The molecule has 0 bridgehead atoms. The summed E-state index contributed by atoms with van der Waals surface area (Å²) >= 11 is 0. The number of carbonyl (C=O) groups excluding carboxylic acids is 1. The van der Waals surface area contributed by atoms with Crippen molar-refractivity contribution >= 4 is 22.6 Å². The molecule has 26 heavy (non-hydrogen) atoms. The molecule has 2 aromatic carbocycles. The van der Waals surface area contributed by atoms with Crippen molar-refractivity contribution in [2.75, 3.05) is 11.9 Å². The van der Waals surface area contributed by atoms with E-state index in [1.807, 2.05) is 24.3 Å². The number of amides is 1. The van der Waals surface area contributed by atoms with Crippen LogP contribution in [0.15, 0.2) is 48.5 Å². The Bertz CT molecular complexity index is 873. The standard InChI is InChI=1S/C18H16F3N3O2/c19-18(20,21)11-26-15-8-4-3-7-14(15)24-17(25)10-9-16-22-12-5-1-2-6-13(12)23-16/h1-8H,9-11H2,(H,22,23)(H,24,25). The number of alkyl halides is 3. The molecule has 5 nitrogen and oxygen atoms in total. The fourth-order valence-electron chi connectivity index (χ4n) is 2.42. The molecule has 1 aromatic heterocycles. The summed E-state index contributed by atoms with van der Waals surface area (Å²) in [7, 11) is 0. The molecule has 0 saturated heterocycles. The second-order valence-electron chi connectivity index (χ2n) is 5.65. The number of benzene rings is 2. The van der Waals surface area contributed by atoms with Gasteiger partial charge < -0.3 is 15.0 Å². The van der Waals surface area contributed by atoms with E-state index in [9.17, 15) is 18.0 Å². The third-order valence-electron chi connectivity index (χ3n) is 3.58. The van der Waals surface area contributed by atoms with Crippen LogP contribution < -0.4 is 10.1 Å². The molecule has 3 rings (SSSR count). The van der Waals surface area contributed by atoms with Crippen molar-refractivity contribution in [2.24, 2.45) is 0 Å². The van der Waals surface area contributed by atoms with Crippen LogP contribution in [0.3, 0.4) is 0 Å². The molecule has 136 valence electrons. The maximum absolute atomic E-state index is 12.3. The van der Waals surface area contributed by atoms with Gasteiger partial charge in [0.2, 0.25) is 5.91 Å². The number of ether oxygens (including phenoxy) is 1. The topological polar surface area (TPSA) is 67.0 Å². The Morgan fingerprint density at radius 3 is 2.62 bits per heavy atom. The molecule has 8 heteroatoms. The lowest BCUT2D eigenvalue weighted by Crippen LogP contribution is -2.20. The van der Waals surface area contributed by atoms with E-state index >= 15 is 0 Å². The molecule has 0 aliphatic carbocycles. The van der Waals surface area contributed by atoms with Gasteiger partial charge in [-0.1, -0.05) is 24.3 Å². The Labute approximate surface area is 147 Å². The first kappa shape index (κ1) is 17.8. The van der Waals surface area contributed by atoms with Crippen LogP contribution in [0.1, 0.15) is 12.2 Å². The second-order valence-corrected chi connectivity index (χ2v) is 5.65. The number of imidazole rings is 1. The summed E-state index contributed by atoms with van der Waals surface area (Å²) < 4.78 is 41.7. The van der Waals surface area contributed by atoms with Gasteiger partial charge in [-0.15, -0.1) is 0 Å². The lowest BCUT2D eigenvalue weighted by molar-refractivity contribution is -0.153. The molecular formula is C18H16F3N3O2. The molecule has 1 amide bonds. The zero-order valence-corrected chi connectivity index (χ0v) is 13.6. The lowest BCUT2D eigenvalue weighted by atomic mass is 10.2. The highest BCUT2D eigenvalue weighted by molar-refractivity contribution is 5.92. The first-order valence-corrected chi connectivity index (χ1v) is 7.93. The lowest BCUT2D eigenvalue weighted by Gasteiger charge is -2.13. The van der Waals surface area contributed by atoms with E-state index in [-0.39, 0.29) is 23.8 Å². The van der Waals surface area contributed by atoms with Gasteiger partial charge >= 0.3 is 6.18 Å². The minimum atomic E-state index is -4.45. The first-order valence-electron chi connectivity index (χ1n) is 7.93. The predicted octanol–water partition coefficient (Wildman–Crippen LogP) is 4.08. The average molecular weight is 363 g/mol. The zero-order chi connectivity index (χ0) is 18.6. The van der Waals surface area contributed by atoms with E-state index in [1.54, 1.807) is 6.07 Å². The highest BCUT2D eigenvalue weighted by Crippen LogP contribution is 2.26. The quantitative estimate of drug-likeness (QED) is 0.694. The number of nitrogens with one attached hydrogen (secondary N) is 2. The van der Waals surface area contributed by atoms with Crippen molar-refractivity contribution in [3.63, 3.8) is 0 Å². The number of aromatic nitrogens is 2. The van der Waals surface area contributed by atoms with Crippen LogP contribution in [-0.2, 0) is 11.2 Å². The van der Waals surface area contributed by atoms with E-state index in [0.29, 0.717) is 12.2 Å². The van der Waals surface area contributed by atoms with Crippen LogP contribution in [0.2, 0.25) is 0 Å². The Morgan fingerprint density at radius 2 is 1.85 bits per heavy atom. The van der Waals surface area contributed by atoms with E-state index in [0.717, 1.165) is 11.0 Å². The molecule has 0 fully saturated rings. The number of anilines is 1. The molecular weight excluding hydrogens is 347 g/mol. The van der Waals surface area contributed by atoms with Gasteiger partial charge in [0.15, 0.2) is 6.61 Å². The zero-order valence-electron chi connectivity index (χ0n) is 13.6. The third-order valence-corrected chi connectivity index (χ3v) is 3.58. The van der Waals surface area contributed by atoms with Crippen LogP contribution in [0.4, 0.5) is 18.9 Å². The highest BCUT2D eigenvalue weighted by Gasteiger charge is 2.28. The molecule has 0 aliphatic rings. The minimum absolute atomic E-state index is 0.0260. The fourth-order valence-corrected chi connectivity index (χ4v) is 2.42. The van der Waals surface area contributed by atoms with Crippen LogP contribution in [0.5, 0.6) is 5.75 Å². The summed E-state index contributed by atoms with van der Waals surface area (Å²) in [4.78, 5) is 19.6. The van der Waals surface area contributed by atoms with E-state index in [2.05, 4.69) is 15.3 Å². The molecule has 0 spiro atoms. The van der Waals surface area contributed by atoms with Crippen LogP contribution >= 0.6 is 0 Å².